The first-order valence-corrected chi connectivity index (χ1v) is 24.7. The average Bonchev–Trinajstić information content (AvgIpc) is 3.77. The van der Waals surface area contributed by atoms with Gasteiger partial charge in [-0.05, 0) is 87.2 Å². The van der Waals surface area contributed by atoms with Crippen LogP contribution in [0.5, 0.6) is 0 Å². The third kappa shape index (κ3) is 19.9. The first kappa shape index (κ1) is 61.1. The van der Waals surface area contributed by atoms with E-state index in [1.54, 1.807) is 30.5 Å². The molecule has 2 aromatic carbocycles. The summed E-state index contributed by atoms with van der Waals surface area (Å²) in [4.78, 5) is 135. The highest BCUT2D eigenvalue weighted by molar-refractivity contribution is 5.98. The molecule has 29 heteroatoms. The highest BCUT2D eigenvalue weighted by Gasteiger charge is 2.35. The van der Waals surface area contributed by atoms with Crippen LogP contribution in [0.25, 0.3) is 10.9 Å². The lowest BCUT2D eigenvalue weighted by atomic mass is 10.0. The molecule has 1 fully saturated rings. The van der Waals surface area contributed by atoms with Crippen molar-refractivity contribution in [2.45, 2.75) is 120 Å². The van der Waals surface area contributed by atoms with E-state index >= 15 is 0 Å². The minimum Gasteiger partial charge on any atom is -0.370 e. The second-order valence-electron chi connectivity index (χ2n) is 18.2. The first-order chi connectivity index (χ1) is 36.6. The maximum atomic E-state index is 14.7. The molecular formula is C48H68F3N17O9. The van der Waals surface area contributed by atoms with Gasteiger partial charge in [0.1, 0.15) is 42.3 Å². The van der Waals surface area contributed by atoms with E-state index < -0.39 is 132 Å². The second-order valence-corrected chi connectivity index (χ2v) is 18.2. The van der Waals surface area contributed by atoms with E-state index in [0.717, 1.165) is 6.92 Å². The number of H-pyrrole nitrogens is 1. The van der Waals surface area contributed by atoms with Gasteiger partial charge in [-0.2, -0.15) is 0 Å². The van der Waals surface area contributed by atoms with Crippen LogP contribution in [-0.2, 0) is 56.0 Å². The number of para-hydroxylation sites is 1. The molecule has 0 spiro atoms. The molecule has 4 rings (SSSR count). The zero-order chi connectivity index (χ0) is 56.8. The van der Waals surface area contributed by atoms with E-state index in [9.17, 15) is 56.3 Å². The van der Waals surface area contributed by atoms with Crippen LogP contribution in [0.4, 0.5) is 13.2 Å². The molecule has 9 amide bonds. The van der Waals surface area contributed by atoms with E-state index in [4.69, 9.17) is 34.4 Å². The Morgan fingerprint density at radius 3 is 1.92 bits per heavy atom. The largest absolute Gasteiger partial charge is 0.370 e. The van der Waals surface area contributed by atoms with Crippen LogP contribution >= 0.6 is 0 Å². The number of primary amides is 1. The predicted octanol–water partition coefficient (Wildman–Crippen LogP) is -3.58. The standard InChI is InChI=1S/C48H68F3N17O9/c1-24(69)62-32(10-5-17-59-47(54)55)41(72)65-34-12-13-38(70)58-16-4-9-31(40(53)71)63-46(77)37(22-26-23-61-30-8-3-2-7-27(26)30)68-42(73)33(11-6-18-60-48(56)57)64-45(76)36(21-25-19-28(49)39(51)29(50)20-25)67-44(75)35(14-15-52)66-43(34)74/h2-3,7-8,19-20,23,31-37,61H,4-6,9-18,21-22,52H2,1H3,(H2,53,71)(H,58,70)(H,62,69)(H,63,77)(H,64,76)(H,65,72)(H,66,74)(H,67,75)(H,68,73)(H4,54,55,59)(H4,56,57,60)/t31-,32-,33-,34-,35-,36+,37-/m0/s1. The molecule has 1 aromatic heterocycles. The molecule has 0 unspecified atom stereocenters. The normalized spacial score (nSPS) is 20.9. The summed E-state index contributed by atoms with van der Waals surface area (Å²) < 4.78 is 43.5. The molecule has 0 radical (unpaired) electrons. The Balaban J connectivity index is 1.80. The number of benzene rings is 2. The molecule has 0 bridgehead atoms. The van der Waals surface area contributed by atoms with Crippen LogP contribution in [0.2, 0.25) is 0 Å². The predicted molar refractivity (Wildman–Crippen MR) is 275 cm³/mol. The molecule has 2 heterocycles. The fourth-order valence-corrected chi connectivity index (χ4v) is 8.21. The summed E-state index contributed by atoms with van der Waals surface area (Å²) in [7, 11) is 0. The van der Waals surface area contributed by atoms with Crippen molar-refractivity contribution in [1.82, 2.24) is 47.5 Å². The number of aromatic amines is 1. The van der Waals surface area contributed by atoms with Gasteiger partial charge in [0.2, 0.25) is 53.2 Å². The van der Waals surface area contributed by atoms with Gasteiger partial charge < -0.3 is 81.9 Å². The third-order valence-electron chi connectivity index (χ3n) is 12.1. The number of amides is 9. The van der Waals surface area contributed by atoms with E-state index in [1.165, 1.54) is 0 Å². The zero-order valence-corrected chi connectivity index (χ0v) is 42.4. The Bertz CT molecular complexity index is 2640. The minimum atomic E-state index is -1.86. The molecule has 1 aliphatic rings. The number of nitrogens with zero attached hydrogens (tertiary/aromatic N) is 2. The average molecular weight is 1080 g/mol. The number of hydrogen-bond donors (Lipinski definition) is 15. The van der Waals surface area contributed by atoms with Gasteiger partial charge in [-0.1, -0.05) is 18.2 Å². The van der Waals surface area contributed by atoms with Gasteiger partial charge >= 0.3 is 0 Å². The van der Waals surface area contributed by atoms with E-state index in [1.807, 2.05) is 0 Å². The van der Waals surface area contributed by atoms with Crippen molar-refractivity contribution < 1.29 is 56.3 Å². The van der Waals surface area contributed by atoms with E-state index in [2.05, 4.69) is 57.5 Å². The summed E-state index contributed by atoms with van der Waals surface area (Å²) in [6.07, 6.45) is -0.554. The Labute approximate surface area is 440 Å². The zero-order valence-electron chi connectivity index (χ0n) is 42.4. The van der Waals surface area contributed by atoms with Crippen molar-refractivity contribution >= 4 is 76.0 Å². The van der Waals surface area contributed by atoms with Crippen LogP contribution in [0, 0.1) is 17.5 Å². The van der Waals surface area contributed by atoms with Crippen LogP contribution in [0.1, 0.15) is 75.8 Å². The van der Waals surface area contributed by atoms with Gasteiger partial charge in [0, 0.05) is 62.9 Å². The van der Waals surface area contributed by atoms with E-state index in [-0.39, 0.29) is 95.0 Å². The van der Waals surface area contributed by atoms with Gasteiger partial charge in [-0.15, -0.1) is 0 Å². The molecule has 7 atom stereocenters. The Morgan fingerprint density at radius 1 is 0.727 bits per heavy atom. The molecule has 77 heavy (non-hydrogen) atoms. The van der Waals surface area contributed by atoms with Crippen molar-refractivity contribution in [2.24, 2.45) is 44.4 Å². The fraction of sp³-hybridized carbons (Fsp3) is 0.479. The maximum Gasteiger partial charge on any atom is 0.243 e. The maximum absolute atomic E-state index is 14.7. The quantitative estimate of drug-likeness (QED) is 0.0254. The Kier molecular flexibility index (Phi) is 23.9. The lowest BCUT2D eigenvalue weighted by molar-refractivity contribution is -0.136. The van der Waals surface area contributed by atoms with Gasteiger partial charge in [0.15, 0.2) is 29.4 Å². The monoisotopic (exact) mass is 1080 g/mol. The van der Waals surface area contributed by atoms with Crippen molar-refractivity contribution in [2.75, 3.05) is 26.2 Å². The third-order valence-corrected chi connectivity index (χ3v) is 12.1. The number of carbonyl (C=O) groups is 9. The summed E-state index contributed by atoms with van der Waals surface area (Å²) in [5.74, 6) is -13.9. The highest BCUT2D eigenvalue weighted by atomic mass is 19.2. The number of rotatable bonds is 18. The molecule has 420 valence electrons. The number of fused-ring (bicyclic) bond motifs is 1. The molecule has 1 saturated heterocycles. The minimum absolute atomic E-state index is 0.0170. The lowest BCUT2D eigenvalue weighted by Crippen LogP contribution is -2.60. The first-order valence-electron chi connectivity index (χ1n) is 24.7. The molecule has 3 aromatic rings. The topological polar surface area (TPSA) is 446 Å². The summed E-state index contributed by atoms with van der Waals surface area (Å²) in [6.45, 7) is 0.812. The summed E-state index contributed by atoms with van der Waals surface area (Å²) in [5.41, 5.74) is 34.3. The Morgan fingerprint density at radius 2 is 1.30 bits per heavy atom. The van der Waals surface area contributed by atoms with Crippen LogP contribution in [0.3, 0.4) is 0 Å². The van der Waals surface area contributed by atoms with Gasteiger partial charge in [0.05, 0.1) is 0 Å². The summed E-state index contributed by atoms with van der Waals surface area (Å²) in [5, 5.41) is 20.9. The summed E-state index contributed by atoms with van der Waals surface area (Å²) in [6, 6.07) is -2.48. The number of aliphatic imine (C=N–C) groups is 2. The molecule has 26 nitrogen and oxygen atoms in total. The number of aromatic nitrogens is 1. The number of nitrogens with one attached hydrogen (secondary N) is 9. The summed E-state index contributed by atoms with van der Waals surface area (Å²) >= 11 is 0. The van der Waals surface area contributed by atoms with E-state index in [0.29, 0.717) is 28.6 Å². The van der Waals surface area contributed by atoms with Crippen LogP contribution < -0.4 is 76.9 Å². The van der Waals surface area contributed by atoms with Crippen LogP contribution in [0.15, 0.2) is 52.6 Å². The van der Waals surface area contributed by atoms with Crippen molar-refractivity contribution in [3.8, 4) is 0 Å². The van der Waals surface area contributed by atoms with Gasteiger partial charge in [0.25, 0.3) is 0 Å². The smallest absolute Gasteiger partial charge is 0.243 e. The number of hydrogen-bond acceptors (Lipinski definition) is 12. The van der Waals surface area contributed by atoms with Gasteiger partial charge in [-0.3, -0.25) is 53.1 Å². The molecule has 0 saturated carbocycles. The SMILES string of the molecule is CC(=O)N[C@@H](CCCN=C(N)N)C(=O)N[C@H]1CCC(=O)NCCC[C@@H](C(N)=O)NC(=O)[C@H](Cc2c[nH]c3ccccc23)NC(=O)[C@H](CCCN=C(N)N)NC(=O)[C@@H](Cc2cc(F)c(F)c(F)c2)NC(=O)[C@H](CCN)NC1=O. The molecular weight excluding hydrogens is 1020 g/mol. The fourth-order valence-electron chi connectivity index (χ4n) is 8.21. The second kappa shape index (κ2) is 30.2. The number of nitrogens with two attached hydrogens (primary N) is 6. The van der Waals surface area contributed by atoms with Gasteiger partial charge in [-0.25, -0.2) is 13.2 Å². The number of carbonyl (C=O) groups excluding carboxylic acids is 9. The lowest BCUT2D eigenvalue weighted by Gasteiger charge is -2.28. The van der Waals surface area contributed by atoms with Crippen molar-refractivity contribution in [3.05, 3.63) is 71.2 Å². The Hall–Kier alpha value is -8.50. The number of halogens is 3. The van der Waals surface area contributed by atoms with Crippen LogP contribution in [-0.4, -0.2) is 139 Å². The molecule has 0 aliphatic carbocycles. The van der Waals surface area contributed by atoms with Crippen molar-refractivity contribution in [1.29, 1.82) is 0 Å². The highest BCUT2D eigenvalue weighted by Crippen LogP contribution is 2.20. The van der Waals surface area contributed by atoms with Crippen molar-refractivity contribution in [3.63, 3.8) is 0 Å². The number of guanidine groups is 2. The molecule has 1 aliphatic heterocycles. The molecule has 21 N–H and O–H groups in total.